The number of hydrogen-bond acceptors (Lipinski definition) is 3. The number of nitrogens with one attached hydrogen (secondary N) is 1. The van der Waals surface area contributed by atoms with Crippen LogP contribution in [0.5, 0.6) is 0 Å². The number of halogens is 2. The van der Waals surface area contributed by atoms with E-state index < -0.39 is 4.92 Å². The Bertz CT molecular complexity index is 474. The highest BCUT2D eigenvalue weighted by Gasteiger charge is 2.19. The Morgan fingerprint density at radius 3 is 2.47 bits per heavy atom. The van der Waals surface area contributed by atoms with Crippen LogP contribution in [0, 0.1) is 16.0 Å². The molecule has 19 heavy (non-hydrogen) atoms. The fourth-order valence-electron chi connectivity index (χ4n) is 2.47. The summed E-state index contributed by atoms with van der Waals surface area (Å²) in [5, 5.41) is 14.7. The molecule has 0 heterocycles. The van der Waals surface area contributed by atoms with Crippen molar-refractivity contribution >= 4 is 34.6 Å². The van der Waals surface area contributed by atoms with E-state index in [1.165, 1.54) is 44.2 Å². The van der Waals surface area contributed by atoms with Crippen LogP contribution in [-0.4, -0.2) is 11.5 Å². The Balaban J connectivity index is 2.09. The van der Waals surface area contributed by atoms with Gasteiger partial charge in [0.05, 0.1) is 15.0 Å². The molecule has 1 aliphatic carbocycles. The summed E-state index contributed by atoms with van der Waals surface area (Å²) in [5.74, 6) is 0.586. The highest BCUT2D eigenvalue weighted by Crippen LogP contribution is 2.34. The second-order valence-electron chi connectivity index (χ2n) is 4.93. The zero-order valence-electron chi connectivity index (χ0n) is 10.5. The molecule has 0 spiro atoms. The van der Waals surface area contributed by atoms with Gasteiger partial charge in [-0.2, -0.15) is 0 Å². The molecule has 0 unspecified atom stereocenters. The third-order valence-electron chi connectivity index (χ3n) is 3.54. The van der Waals surface area contributed by atoms with Crippen molar-refractivity contribution < 1.29 is 4.92 Å². The summed E-state index contributed by atoms with van der Waals surface area (Å²) in [7, 11) is 0. The summed E-state index contributed by atoms with van der Waals surface area (Å²) in [6, 6.07) is 2.83. The molecule has 6 heteroatoms. The van der Waals surface area contributed by atoms with E-state index in [0.717, 1.165) is 6.54 Å². The van der Waals surface area contributed by atoms with Crippen molar-refractivity contribution in [3.8, 4) is 0 Å². The molecule has 0 aromatic heterocycles. The molecule has 1 saturated carbocycles. The summed E-state index contributed by atoms with van der Waals surface area (Å²) in [5.41, 5.74) is 0.426. The first kappa shape index (κ1) is 14.4. The number of anilines is 1. The normalized spacial score (nSPS) is 16.3. The van der Waals surface area contributed by atoms with E-state index >= 15 is 0 Å². The zero-order chi connectivity index (χ0) is 13.8. The SMILES string of the molecule is O=[N+]([O-])c1cc(Cl)c(Cl)cc1NCC1CCCCC1. The third kappa shape index (κ3) is 3.74. The molecule has 0 amide bonds. The van der Waals surface area contributed by atoms with Crippen LogP contribution in [0.1, 0.15) is 32.1 Å². The average Bonchev–Trinajstić information content (AvgIpc) is 2.40. The van der Waals surface area contributed by atoms with Crippen LogP contribution in [-0.2, 0) is 0 Å². The van der Waals surface area contributed by atoms with Gasteiger partial charge in [-0.15, -0.1) is 0 Å². The lowest BCUT2D eigenvalue weighted by molar-refractivity contribution is -0.383. The van der Waals surface area contributed by atoms with Crippen molar-refractivity contribution in [1.29, 1.82) is 0 Å². The first-order valence-corrected chi connectivity index (χ1v) is 7.21. The van der Waals surface area contributed by atoms with Crippen molar-refractivity contribution in [3.63, 3.8) is 0 Å². The van der Waals surface area contributed by atoms with Gasteiger partial charge in [-0.05, 0) is 24.8 Å². The molecule has 1 aromatic rings. The van der Waals surface area contributed by atoms with Gasteiger partial charge in [0.25, 0.3) is 5.69 Å². The predicted octanol–water partition coefficient (Wildman–Crippen LogP) is 4.89. The van der Waals surface area contributed by atoms with Crippen molar-refractivity contribution in [2.24, 2.45) is 5.92 Å². The van der Waals surface area contributed by atoms with E-state index in [2.05, 4.69) is 5.32 Å². The molecule has 0 bridgehead atoms. The zero-order valence-corrected chi connectivity index (χ0v) is 12.0. The molecule has 104 valence electrons. The number of nitro benzene ring substituents is 1. The van der Waals surface area contributed by atoms with Crippen LogP contribution < -0.4 is 5.32 Å². The van der Waals surface area contributed by atoms with E-state index in [9.17, 15) is 10.1 Å². The third-order valence-corrected chi connectivity index (χ3v) is 4.26. The van der Waals surface area contributed by atoms with Gasteiger partial charge >= 0.3 is 0 Å². The fourth-order valence-corrected chi connectivity index (χ4v) is 2.80. The van der Waals surface area contributed by atoms with Gasteiger partial charge in [-0.1, -0.05) is 42.5 Å². The van der Waals surface area contributed by atoms with Gasteiger partial charge < -0.3 is 5.32 Å². The molecule has 2 rings (SSSR count). The number of hydrogen-bond donors (Lipinski definition) is 1. The smallest absolute Gasteiger partial charge is 0.293 e. The van der Waals surface area contributed by atoms with Crippen LogP contribution in [0.4, 0.5) is 11.4 Å². The van der Waals surface area contributed by atoms with Crippen molar-refractivity contribution in [3.05, 3.63) is 32.3 Å². The summed E-state index contributed by atoms with van der Waals surface area (Å²) in [6.45, 7) is 0.749. The molecule has 4 nitrogen and oxygen atoms in total. The lowest BCUT2D eigenvalue weighted by Crippen LogP contribution is -2.17. The van der Waals surface area contributed by atoms with Crippen molar-refractivity contribution in [1.82, 2.24) is 0 Å². The van der Waals surface area contributed by atoms with Gasteiger partial charge in [-0.3, -0.25) is 10.1 Å². The Hall–Kier alpha value is -1.00. The standard InChI is InChI=1S/C13H16Cl2N2O2/c14-10-6-12(13(17(18)19)7-11(10)15)16-8-9-4-2-1-3-5-9/h6-7,9,16H,1-5,8H2. The van der Waals surface area contributed by atoms with Gasteiger partial charge in [0.2, 0.25) is 0 Å². The van der Waals surface area contributed by atoms with Crippen molar-refractivity contribution in [2.75, 3.05) is 11.9 Å². The van der Waals surface area contributed by atoms with Gasteiger partial charge in [-0.25, -0.2) is 0 Å². The number of nitro groups is 1. The topological polar surface area (TPSA) is 55.2 Å². The fraction of sp³-hybridized carbons (Fsp3) is 0.538. The van der Waals surface area contributed by atoms with Crippen LogP contribution in [0.15, 0.2) is 12.1 Å². The largest absolute Gasteiger partial charge is 0.379 e. The van der Waals surface area contributed by atoms with E-state index in [0.29, 0.717) is 16.6 Å². The highest BCUT2D eigenvalue weighted by atomic mass is 35.5. The summed E-state index contributed by atoms with van der Waals surface area (Å²) in [4.78, 5) is 10.6. The maximum absolute atomic E-state index is 11.0. The maximum atomic E-state index is 11.0. The molecule has 0 aliphatic heterocycles. The highest BCUT2D eigenvalue weighted by molar-refractivity contribution is 6.42. The van der Waals surface area contributed by atoms with Crippen LogP contribution in [0.25, 0.3) is 0 Å². The molecular formula is C13H16Cl2N2O2. The molecule has 1 aliphatic rings. The molecule has 0 radical (unpaired) electrons. The Labute approximate surface area is 122 Å². The van der Waals surface area contributed by atoms with Crippen LogP contribution in [0.3, 0.4) is 0 Å². The second-order valence-corrected chi connectivity index (χ2v) is 5.74. The maximum Gasteiger partial charge on any atom is 0.293 e. The number of nitrogens with zero attached hydrogens (tertiary/aromatic N) is 1. The van der Waals surface area contributed by atoms with E-state index in [1.807, 2.05) is 0 Å². The lowest BCUT2D eigenvalue weighted by atomic mass is 9.89. The summed E-state index contributed by atoms with van der Waals surface area (Å²) in [6.07, 6.45) is 6.15. The lowest BCUT2D eigenvalue weighted by Gasteiger charge is -2.22. The predicted molar refractivity (Wildman–Crippen MR) is 78.2 cm³/mol. The van der Waals surface area contributed by atoms with Gasteiger partial charge in [0.15, 0.2) is 0 Å². The number of benzene rings is 1. The first-order valence-electron chi connectivity index (χ1n) is 6.45. The summed E-state index contributed by atoms with van der Waals surface area (Å²) >= 11 is 11.7. The van der Waals surface area contributed by atoms with E-state index in [1.54, 1.807) is 0 Å². The first-order chi connectivity index (χ1) is 9.08. The molecule has 1 aromatic carbocycles. The molecular weight excluding hydrogens is 287 g/mol. The van der Waals surface area contributed by atoms with Gasteiger partial charge in [0, 0.05) is 12.6 Å². The van der Waals surface area contributed by atoms with Crippen molar-refractivity contribution in [2.45, 2.75) is 32.1 Å². The Morgan fingerprint density at radius 2 is 1.84 bits per heavy atom. The quantitative estimate of drug-likeness (QED) is 0.636. The Kier molecular flexibility index (Phi) is 4.88. The van der Waals surface area contributed by atoms with E-state index in [-0.39, 0.29) is 10.7 Å². The van der Waals surface area contributed by atoms with Crippen LogP contribution in [0.2, 0.25) is 10.0 Å². The minimum Gasteiger partial charge on any atom is -0.379 e. The average molecular weight is 303 g/mol. The molecule has 1 N–H and O–H groups in total. The second kappa shape index (κ2) is 6.44. The Morgan fingerprint density at radius 1 is 1.21 bits per heavy atom. The minimum atomic E-state index is -0.439. The minimum absolute atomic E-state index is 0.0230. The monoisotopic (exact) mass is 302 g/mol. The van der Waals surface area contributed by atoms with E-state index in [4.69, 9.17) is 23.2 Å². The van der Waals surface area contributed by atoms with Crippen LogP contribution >= 0.6 is 23.2 Å². The van der Waals surface area contributed by atoms with Gasteiger partial charge in [0.1, 0.15) is 5.69 Å². The molecule has 0 saturated heterocycles. The molecule has 1 fully saturated rings. The number of rotatable bonds is 4. The molecule has 0 atom stereocenters. The summed E-state index contributed by atoms with van der Waals surface area (Å²) < 4.78 is 0.